The third-order valence-corrected chi connectivity index (χ3v) is 3.40. The molecule has 0 atom stereocenters. The van der Waals surface area contributed by atoms with Crippen molar-refractivity contribution in [3.8, 4) is 11.4 Å². The van der Waals surface area contributed by atoms with Crippen molar-refractivity contribution in [3.05, 3.63) is 18.2 Å². The fourth-order valence-electron chi connectivity index (χ4n) is 2.06. The van der Waals surface area contributed by atoms with Crippen molar-refractivity contribution in [3.63, 3.8) is 0 Å². The van der Waals surface area contributed by atoms with Crippen LogP contribution in [0.5, 0.6) is 0 Å². The van der Waals surface area contributed by atoms with Crippen molar-refractivity contribution < 1.29 is 0 Å². The minimum atomic E-state index is 0.343. The first kappa shape index (κ1) is 11.0. The Bertz CT molecular complexity index is 564. The molecule has 94 valence electrons. The van der Waals surface area contributed by atoms with Gasteiger partial charge in [0.15, 0.2) is 5.82 Å². The number of rotatable bonds is 3. The van der Waals surface area contributed by atoms with E-state index in [1.807, 2.05) is 16.8 Å². The number of anilines is 2. The Labute approximate surface area is 105 Å². The first-order valence-electron chi connectivity index (χ1n) is 5.98. The van der Waals surface area contributed by atoms with Gasteiger partial charge in [-0.05, 0) is 46.9 Å². The summed E-state index contributed by atoms with van der Waals surface area (Å²) in [5, 5.41) is 11.9. The first-order valence-corrected chi connectivity index (χ1v) is 5.98. The molecule has 1 aliphatic rings. The number of tetrazole rings is 1. The summed E-state index contributed by atoms with van der Waals surface area (Å²) in [5.74, 6) is 0.724. The van der Waals surface area contributed by atoms with Gasteiger partial charge in [-0.15, -0.1) is 5.10 Å². The standard InChI is InChI=1S/C12H16N6/c1-12(2-3-12)7-18-11(15-16-17-18)8-4-9(13)6-10(14)5-8/h4-6H,2-3,7,13-14H2,1H3. The van der Waals surface area contributed by atoms with Gasteiger partial charge < -0.3 is 11.5 Å². The number of hydrogen-bond donors (Lipinski definition) is 2. The van der Waals surface area contributed by atoms with Crippen molar-refractivity contribution >= 4 is 11.4 Å². The summed E-state index contributed by atoms with van der Waals surface area (Å²) in [7, 11) is 0. The normalized spacial score (nSPS) is 16.7. The third-order valence-electron chi connectivity index (χ3n) is 3.40. The van der Waals surface area contributed by atoms with Crippen LogP contribution in [0.3, 0.4) is 0 Å². The fourth-order valence-corrected chi connectivity index (χ4v) is 2.06. The molecule has 0 saturated heterocycles. The molecule has 1 saturated carbocycles. The van der Waals surface area contributed by atoms with E-state index in [0.29, 0.717) is 16.8 Å². The summed E-state index contributed by atoms with van der Waals surface area (Å²) in [5.41, 5.74) is 14.0. The van der Waals surface area contributed by atoms with Gasteiger partial charge in [-0.25, -0.2) is 4.68 Å². The number of nitrogens with zero attached hydrogens (tertiary/aromatic N) is 4. The lowest BCUT2D eigenvalue weighted by atomic mass is 10.1. The molecule has 1 aromatic carbocycles. The number of nitrogens with two attached hydrogens (primary N) is 2. The Morgan fingerprint density at radius 3 is 2.50 bits per heavy atom. The van der Waals surface area contributed by atoms with Crippen LogP contribution in [0.2, 0.25) is 0 Å². The van der Waals surface area contributed by atoms with E-state index in [9.17, 15) is 0 Å². The van der Waals surface area contributed by atoms with Crippen LogP contribution in [0.1, 0.15) is 19.8 Å². The van der Waals surface area contributed by atoms with Crippen molar-refractivity contribution in [2.24, 2.45) is 5.41 Å². The van der Waals surface area contributed by atoms with Gasteiger partial charge in [0.05, 0.1) is 6.54 Å². The molecule has 6 nitrogen and oxygen atoms in total. The number of hydrogen-bond acceptors (Lipinski definition) is 5. The predicted octanol–water partition coefficient (Wildman–Crippen LogP) is 1.30. The van der Waals surface area contributed by atoms with E-state index in [2.05, 4.69) is 22.4 Å². The van der Waals surface area contributed by atoms with Crippen molar-refractivity contribution in [2.75, 3.05) is 11.5 Å². The Kier molecular flexibility index (Phi) is 2.26. The van der Waals surface area contributed by atoms with Crippen LogP contribution in [-0.2, 0) is 6.54 Å². The Morgan fingerprint density at radius 2 is 1.89 bits per heavy atom. The van der Waals surface area contributed by atoms with Crippen molar-refractivity contribution in [2.45, 2.75) is 26.3 Å². The third kappa shape index (κ3) is 2.01. The van der Waals surface area contributed by atoms with Crippen LogP contribution in [0, 0.1) is 5.41 Å². The summed E-state index contributed by atoms with van der Waals surface area (Å²) in [6, 6.07) is 5.40. The molecule has 0 amide bonds. The van der Waals surface area contributed by atoms with Crippen LogP contribution in [-0.4, -0.2) is 20.2 Å². The molecule has 0 spiro atoms. The predicted molar refractivity (Wildman–Crippen MR) is 69.4 cm³/mol. The second kappa shape index (κ2) is 3.69. The zero-order valence-corrected chi connectivity index (χ0v) is 10.3. The second-order valence-electron chi connectivity index (χ2n) is 5.36. The molecule has 1 heterocycles. The van der Waals surface area contributed by atoms with Gasteiger partial charge in [0.25, 0.3) is 0 Å². The molecule has 4 N–H and O–H groups in total. The van der Waals surface area contributed by atoms with E-state index in [0.717, 1.165) is 17.9 Å². The van der Waals surface area contributed by atoms with Crippen LogP contribution >= 0.6 is 0 Å². The maximum Gasteiger partial charge on any atom is 0.182 e. The summed E-state index contributed by atoms with van der Waals surface area (Å²) in [6.45, 7) is 3.08. The molecule has 6 heteroatoms. The monoisotopic (exact) mass is 244 g/mol. The molecule has 0 unspecified atom stereocenters. The van der Waals surface area contributed by atoms with Gasteiger partial charge in [0.1, 0.15) is 0 Å². The van der Waals surface area contributed by atoms with E-state index in [4.69, 9.17) is 11.5 Å². The van der Waals surface area contributed by atoms with Gasteiger partial charge in [0.2, 0.25) is 0 Å². The quantitative estimate of drug-likeness (QED) is 0.793. The van der Waals surface area contributed by atoms with E-state index in [1.165, 1.54) is 12.8 Å². The maximum absolute atomic E-state index is 5.80. The highest BCUT2D eigenvalue weighted by Crippen LogP contribution is 2.46. The highest BCUT2D eigenvalue weighted by Gasteiger charge is 2.38. The minimum absolute atomic E-state index is 0.343. The lowest BCUT2D eigenvalue weighted by Gasteiger charge is -2.10. The van der Waals surface area contributed by atoms with E-state index < -0.39 is 0 Å². The molecule has 3 rings (SSSR count). The zero-order chi connectivity index (χ0) is 12.8. The SMILES string of the molecule is CC1(Cn2nnnc2-c2cc(N)cc(N)c2)CC1. The number of aromatic nitrogens is 4. The van der Waals surface area contributed by atoms with Crippen LogP contribution in [0.4, 0.5) is 11.4 Å². The molecule has 1 aliphatic carbocycles. The molecule has 1 fully saturated rings. The zero-order valence-electron chi connectivity index (χ0n) is 10.3. The number of nitrogen functional groups attached to an aromatic ring is 2. The van der Waals surface area contributed by atoms with Gasteiger partial charge in [0, 0.05) is 16.9 Å². The largest absolute Gasteiger partial charge is 0.399 e. The molecule has 0 bridgehead atoms. The average molecular weight is 244 g/mol. The van der Waals surface area contributed by atoms with Gasteiger partial charge in [-0.1, -0.05) is 6.92 Å². The first-order chi connectivity index (χ1) is 8.56. The Morgan fingerprint density at radius 1 is 1.22 bits per heavy atom. The molecule has 1 aromatic heterocycles. The summed E-state index contributed by atoms with van der Waals surface area (Å²) < 4.78 is 1.83. The highest BCUT2D eigenvalue weighted by molar-refractivity contribution is 5.67. The summed E-state index contributed by atoms with van der Waals surface area (Å²) in [6.07, 6.45) is 2.46. The summed E-state index contributed by atoms with van der Waals surface area (Å²) in [4.78, 5) is 0. The van der Waals surface area contributed by atoms with Crippen molar-refractivity contribution in [1.82, 2.24) is 20.2 Å². The Hall–Kier alpha value is -2.11. The van der Waals surface area contributed by atoms with Crippen molar-refractivity contribution in [1.29, 1.82) is 0 Å². The van der Waals surface area contributed by atoms with E-state index in [-0.39, 0.29) is 0 Å². The summed E-state index contributed by atoms with van der Waals surface area (Å²) >= 11 is 0. The van der Waals surface area contributed by atoms with Gasteiger partial charge in [-0.3, -0.25) is 0 Å². The lowest BCUT2D eigenvalue weighted by molar-refractivity contribution is 0.427. The van der Waals surface area contributed by atoms with Crippen LogP contribution in [0.25, 0.3) is 11.4 Å². The number of benzene rings is 1. The average Bonchev–Trinajstić information content (AvgIpc) is 2.85. The van der Waals surface area contributed by atoms with Gasteiger partial charge >= 0.3 is 0 Å². The molecule has 0 aliphatic heterocycles. The van der Waals surface area contributed by atoms with Crippen LogP contribution in [0.15, 0.2) is 18.2 Å². The van der Waals surface area contributed by atoms with E-state index >= 15 is 0 Å². The Balaban J connectivity index is 1.98. The molecule has 0 radical (unpaired) electrons. The van der Waals surface area contributed by atoms with E-state index in [1.54, 1.807) is 6.07 Å². The van der Waals surface area contributed by atoms with Crippen LogP contribution < -0.4 is 11.5 Å². The highest BCUT2D eigenvalue weighted by atomic mass is 15.5. The minimum Gasteiger partial charge on any atom is -0.399 e. The van der Waals surface area contributed by atoms with Gasteiger partial charge in [-0.2, -0.15) is 0 Å². The molecular weight excluding hydrogens is 228 g/mol. The maximum atomic E-state index is 5.80. The lowest BCUT2D eigenvalue weighted by Crippen LogP contribution is -2.11. The fraction of sp³-hybridized carbons (Fsp3) is 0.417. The molecule has 18 heavy (non-hydrogen) atoms. The smallest absolute Gasteiger partial charge is 0.182 e. The second-order valence-corrected chi connectivity index (χ2v) is 5.36. The molecule has 2 aromatic rings. The topological polar surface area (TPSA) is 95.6 Å². The molecular formula is C12H16N6.